The predicted octanol–water partition coefficient (Wildman–Crippen LogP) is 9.30. The highest BCUT2D eigenvalue weighted by atomic mass is 16.1. The van der Waals surface area contributed by atoms with Gasteiger partial charge in [-0.05, 0) is 49.2 Å². The molecule has 40 heavy (non-hydrogen) atoms. The lowest BCUT2D eigenvalue weighted by Crippen LogP contribution is -2.09. The molecule has 0 radical (unpaired) electrons. The van der Waals surface area contributed by atoms with Crippen LogP contribution in [0.3, 0.4) is 0 Å². The number of rotatable bonds is 4. The molecule has 7 aromatic rings. The van der Waals surface area contributed by atoms with Crippen molar-refractivity contribution in [2.24, 2.45) is 0 Å². The molecule has 4 heteroatoms. The molecule has 7 aromatic carbocycles. The van der Waals surface area contributed by atoms with Crippen LogP contribution in [-0.2, 0) is 0 Å². The van der Waals surface area contributed by atoms with Crippen molar-refractivity contribution >= 4 is 66.0 Å². The normalized spacial score (nSPS) is 11.2. The molecule has 0 fully saturated rings. The average molecular weight is 511 g/mol. The van der Waals surface area contributed by atoms with Crippen molar-refractivity contribution in [2.75, 3.05) is 0 Å². The number of ketones is 2. The van der Waals surface area contributed by atoms with E-state index in [9.17, 15) is 9.59 Å². The van der Waals surface area contributed by atoms with Gasteiger partial charge < -0.3 is 0 Å². The smallest absolute Gasteiger partial charge is 0.206 e. The van der Waals surface area contributed by atoms with E-state index in [-0.39, 0.29) is 28.5 Å². The van der Waals surface area contributed by atoms with Gasteiger partial charge in [0.1, 0.15) is 0 Å². The van der Waals surface area contributed by atoms with E-state index in [1.807, 2.05) is 54.6 Å². The van der Waals surface area contributed by atoms with Crippen molar-refractivity contribution in [2.45, 2.75) is 0 Å². The third-order valence-electron chi connectivity index (χ3n) is 7.63. The summed E-state index contributed by atoms with van der Waals surface area (Å²) in [7, 11) is 0. The molecular weight excluding hydrogens is 492 g/mol. The van der Waals surface area contributed by atoms with E-state index >= 15 is 0 Å². The Morgan fingerprint density at radius 1 is 0.475 bits per heavy atom. The largest absolute Gasteiger partial charge is 0.290 e. The lowest BCUT2D eigenvalue weighted by Gasteiger charge is -2.21. The minimum atomic E-state index is -0.389. The number of carbonyl (C=O) groups excluding carboxylic acids is 2. The van der Waals surface area contributed by atoms with E-state index in [2.05, 4.69) is 9.69 Å². The maximum absolute atomic E-state index is 14.2. The molecule has 0 aliphatic rings. The Morgan fingerprint density at radius 2 is 1.05 bits per heavy atom. The van der Waals surface area contributed by atoms with Gasteiger partial charge in [-0.15, -0.1) is 0 Å². The summed E-state index contributed by atoms with van der Waals surface area (Å²) in [6, 6.07) is 33.3. The molecule has 0 heterocycles. The highest BCUT2D eigenvalue weighted by Gasteiger charge is 2.29. The van der Waals surface area contributed by atoms with Crippen LogP contribution in [0.2, 0.25) is 0 Å². The van der Waals surface area contributed by atoms with Gasteiger partial charge in [0.2, 0.25) is 11.4 Å². The summed E-state index contributed by atoms with van der Waals surface area (Å²) in [5.74, 6) is -0.636. The van der Waals surface area contributed by atoms with Crippen LogP contribution >= 0.6 is 0 Å². The molecule has 184 valence electrons. The number of hydrogen-bond donors (Lipinski definition) is 0. The number of nitrogens with zero attached hydrogens (tertiary/aromatic N) is 2. The molecule has 0 aliphatic heterocycles. The van der Waals surface area contributed by atoms with E-state index in [1.54, 1.807) is 54.6 Å². The van der Waals surface area contributed by atoms with Crippen molar-refractivity contribution in [3.05, 3.63) is 154 Å². The molecule has 0 bridgehead atoms. The highest BCUT2D eigenvalue weighted by Crippen LogP contribution is 2.51. The molecule has 0 aromatic heterocycles. The van der Waals surface area contributed by atoms with Gasteiger partial charge >= 0.3 is 0 Å². The zero-order valence-corrected chi connectivity index (χ0v) is 21.1. The molecule has 0 amide bonds. The first-order valence-corrected chi connectivity index (χ1v) is 12.8. The van der Waals surface area contributed by atoms with Crippen LogP contribution < -0.4 is 0 Å². The summed E-state index contributed by atoms with van der Waals surface area (Å²) in [5, 5.41) is 6.31. The third-order valence-corrected chi connectivity index (χ3v) is 7.63. The zero-order valence-electron chi connectivity index (χ0n) is 21.1. The standard InChI is InChI=1S/C36H18N2O2/c1-37-33-31-26-18-10-16-21-15-9-17-24(28(21)26)25-19-20-27(35(39)22-11-5-3-6-12-22)30(29(25)31)32(34(33)38-2)36(40)23-13-7-4-8-14-23/h3-20H. The number of carbonyl (C=O) groups is 2. The van der Waals surface area contributed by atoms with Crippen LogP contribution in [0, 0.1) is 13.1 Å². The van der Waals surface area contributed by atoms with Gasteiger partial charge in [-0.3, -0.25) is 9.59 Å². The van der Waals surface area contributed by atoms with Crippen LogP contribution in [0.25, 0.3) is 52.8 Å². The molecule has 0 saturated heterocycles. The minimum absolute atomic E-state index is 0.0259. The topological polar surface area (TPSA) is 42.9 Å². The predicted molar refractivity (Wildman–Crippen MR) is 160 cm³/mol. The van der Waals surface area contributed by atoms with Crippen LogP contribution in [0.5, 0.6) is 0 Å². The summed E-state index contributed by atoms with van der Waals surface area (Å²) in [6.07, 6.45) is 0. The lowest BCUT2D eigenvalue weighted by atomic mass is 9.82. The van der Waals surface area contributed by atoms with Crippen molar-refractivity contribution in [3.8, 4) is 0 Å². The van der Waals surface area contributed by atoms with Crippen LogP contribution in [0.4, 0.5) is 11.4 Å². The monoisotopic (exact) mass is 510 g/mol. The maximum atomic E-state index is 14.2. The summed E-state index contributed by atoms with van der Waals surface area (Å²) < 4.78 is 0. The van der Waals surface area contributed by atoms with E-state index in [4.69, 9.17) is 13.1 Å². The second-order valence-corrected chi connectivity index (χ2v) is 9.68. The quantitative estimate of drug-likeness (QED) is 0.102. The molecule has 0 aliphatic carbocycles. The number of benzene rings is 7. The molecule has 0 saturated carbocycles. The van der Waals surface area contributed by atoms with Crippen molar-refractivity contribution in [1.29, 1.82) is 0 Å². The second kappa shape index (κ2) is 8.88. The highest BCUT2D eigenvalue weighted by molar-refractivity contribution is 6.42. The Kier molecular flexibility index (Phi) is 5.17. The van der Waals surface area contributed by atoms with Gasteiger partial charge in [-0.2, -0.15) is 0 Å². The molecular formula is C36H18N2O2. The van der Waals surface area contributed by atoms with Crippen LogP contribution in [0.1, 0.15) is 31.8 Å². The Bertz CT molecular complexity index is 2250. The fourth-order valence-electron chi connectivity index (χ4n) is 5.96. The zero-order chi connectivity index (χ0) is 27.4. The summed E-state index contributed by atoms with van der Waals surface area (Å²) >= 11 is 0. The van der Waals surface area contributed by atoms with Crippen LogP contribution in [0.15, 0.2) is 109 Å². The van der Waals surface area contributed by atoms with E-state index in [0.29, 0.717) is 32.8 Å². The molecule has 0 N–H and O–H groups in total. The molecule has 4 nitrogen and oxygen atoms in total. The number of hydrogen-bond acceptors (Lipinski definition) is 2. The fraction of sp³-hybridized carbons (Fsp3) is 0. The van der Waals surface area contributed by atoms with E-state index < -0.39 is 0 Å². The van der Waals surface area contributed by atoms with E-state index in [0.717, 1.165) is 26.9 Å². The third kappa shape index (κ3) is 3.18. The molecule has 0 unspecified atom stereocenters. The Hall–Kier alpha value is -5.84. The van der Waals surface area contributed by atoms with Gasteiger partial charge in [0.05, 0.1) is 13.1 Å². The van der Waals surface area contributed by atoms with Gasteiger partial charge in [-0.1, -0.05) is 103 Å². The van der Waals surface area contributed by atoms with Crippen molar-refractivity contribution in [3.63, 3.8) is 0 Å². The summed E-state index contributed by atoms with van der Waals surface area (Å²) in [5.41, 5.74) is 1.41. The van der Waals surface area contributed by atoms with Crippen molar-refractivity contribution < 1.29 is 9.59 Å². The SMILES string of the molecule is [C-]#[N+]c1c(C(=O)c2ccccc2)c2c(C(=O)c3ccccc3)ccc3c4cccc5cccc(c(c1[N+]#[C-])c23)c54. The first-order chi connectivity index (χ1) is 19.6. The number of fused-ring (bicyclic) bond motifs is 2. The minimum Gasteiger partial charge on any atom is -0.290 e. The average Bonchev–Trinajstić information content (AvgIpc) is 3.02. The molecule has 0 atom stereocenters. The summed E-state index contributed by atoms with van der Waals surface area (Å²) in [4.78, 5) is 35.9. The maximum Gasteiger partial charge on any atom is 0.206 e. The van der Waals surface area contributed by atoms with Crippen LogP contribution in [-0.4, -0.2) is 11.6 Å². The fourth-order valence-corrected chi connectivity index (χ4v) is 5.96. The Labute approximate surface area is 229 Å². The lowest BCUT2D eigenvalue weighted by molar-refractivity contribution is 0.103. The summed E-state index contributed by atoms with van der Waals surface area (Å²) in [6.45, 7) is 16.4. The second-order valence-electron chi connectivity index (χ2n) is 9.68. The molecule has 0 spiro atoms. The van der Waals surface area contributed by atoms with Crippen molar-refractivity contribution in [1.82, 2.24) is 0 Å². The van der Waals surface area contributed by atoms with Gasteiger partial charge in [0.15, 0.2) is 11.6 Å². The van der Waals surface area contributed by atoms with Gasteiger partial charge in [0.25, 0.3) is 0 Å². The Balaban J connectivity index is 1.78. The van der Waals surface area contributed by atoms with E-state index in [1.165, 1.54) is 0 Å². The van der Waals surface area contributed by atoms with Gasteiger partial charge in [0, 0.05) is 22.3 Å². The Morgan fingerprint density at radius 3 is 1.68 bits per heavy atom. The first-order valence-electron chi connectivity index (χ1n) is 12.8. The molecule has 7 rings (SSSR count). The van der Waals surface area contributed by atoms with Gasteiger partial charge in [-0.25, -0.2) is 9.69 Å². The first kappa shape index (κ1) is 23.3.